The number of amidine groups is 1. The quantitative estimate of drug-likeness (QED) is 0.442. The maximum atomic E-state index is 13.9. The van der Waals surface area contributed by atoms with E-state index in [9.17, 15) is 23.9 Å². The van der Waals surface area contributed by atoms with Crippen molar-refractivity contribution in [2.75, 3.05) is 46.4 Å². The summed E-state index contributed by atoms with van der Waals surface area (Å²) >= 11 is 7.82. The van der Waals surface area contributed by atoms with Gasteiger partial charge in [-0.05, 0) is 25.0 Å². The van der Waals surface area contributed by atoms with Gasteiger partial charge >= 0.3 is 18.0 Å². The van der Waals surface area contributed by atoms with Crippen LogP contribution in [0.3, 0.4) is 0 Å². The molecule has 11 nitrogen and oxygen atoms in total. The molecule has 2 atom stereocenters. The minimum atomic E-state index is -0.860. The van der Waals surface area contributed by atoms with Crippen LogP contribution >= 0.6 is 22.9 Å². The van der Waals surface area contributed by atoms with Crippen molar-refractivity contribution in [3.63, 3.8) is 0 Å². The standard InChI is InChI=1S/C27H28ClFN6O5S/c1-40-24(36)20-19(31-22(23-30-6-9-41-23)32-21(20)17-3-2-15(29)10-18(17)28)13-33-7-8-35-16(11-33)12-34(26(35)39)14-27(4-5-27)25(37)38/h2-3,6,9-10,16,21H,4-5,7-8,11-14H2,1H3,(H,31,32)(H,37,38)/t16-,21+/m0/s1. The number of methoxy groups -OCH3 is 1. The number of fused-ring (bicyclic) bond motifs is 1. The number of aliphatic carboxylic acids is 1. The number of amides is 2. The number of carboxylic acid groups (broad SMARTS) is 1. The fourth-order valence-corrected chi connectivity index (χ4v) is 6.62. The molecule has 1 aromatic carbocycles. The van der Waals surface area contributed by atoms with Gasteiger partial charge in [-0.3, -0.25) is 14.7 Å². The van der Waals surface area contributed by atoms with Crippen LogP contribution < -0.4 is 5.32 Å². The minimum Gasteiger partial charge on any atom is -0.481 e. The number of ether oxygens (including phenoxy) is 1. The third-order valence-electron chi connectivity index (χ3n) is 8.12. The molecule has 14 heteroatoms. The third-order valence-corrected chi connectivity index (χ3v) is 9.23. The molecule has 6 rings (SSSR count). The van der Waals surface area contributed by atoms with E-state index in [0.717, 1.165) is 0 Å². The first-order chi connectivity index (χ1) is 19.7. The number of hydrogen-bond donors (Lipinski definition) is 2. The fourth-order valence-electron chi connectivity index (χ4n) is 5.77. The Bertz CT molecular complexity index is 1460. The summed E-state index contributed by atoms with van der Waals surface area (Å²) in [5, 5.41) is 15.5. The van der Waals surface area contributed by atoms with Crippen LogP contribution in [0.1, 0.15) is 29.5 Å². The molecule has 0 spiro atoms. The van der Waals surface area contributed by atoms with Gasteiger partial charge < -0.3 is 25.0 Å². The zero-order valence-corrected chi connectivity index (χ0v) is 23.8. The largest absolute Gasteiger partial charge is 0.481 e. The number of rotatable bonds is 8. The van der Waals surface area contributed by atoms with Gasteiger partial charge in [-0.1, -0.05) is 17.7 Å². The van der Waals surface area contributed by atoms with Crippen molar-refractivity contribution in [3.05, 3.63) is 62.5 Å². The smallest absolute Gasteiger partial charge is 0.338 e. The average Bonchev–Trinajstić information content (AvgIpc) is 3.40. The summed E-state index contributed by atoms with van der Waals surface area (Å²) in [6.45, 7) is 2.55. The van der Waals surface area contributed by atoms with Crippen LogP contribution in [0, 0.1) is 11.2 Å². The van der Waals surface area contributed by atoms with Crippen molar-refractivity contribution in [1.29, 1.82) is 0 Å². The number of esters is 1. The average molecular weight is 603 g/mol. The first-order valence-corrected chi connectivity index (χ1v) is 14.5. The molecule has 1 aromatic heterocycles. The highest BCUT2D eigenvalue weighted by molar-refractivity contribution is 7.11. The molecule has 3 fully saturated rings. The molecule has 4 aliphatic rings. The van der Waals surface area contributed by atoms with Crippen LogP contribution in [0.25, 0.3) is 0 Å². The number of piperazine rings is 1. The first-order valence-electron chi connectivity index (χ1n) is 13.2. The molecule has 2 N–H and O–H groups in total. The van der Waals surface area contributed by atoms with E-state index in [2.05, 4.69) is 15.2 Å². The molecule has 3 aliphatic heterocycles. The Balaban J connectivity index is 1.28. The van der Waals surface area contributed by atoms with Gasteiger partial charge in [-0.15, -0.1) is 11.3 Å². The first kappa shape index (κ1) is 27.6. The monoisotopic (exact) mass is 602 g/mol. The number of thiazole rings is 1. The minimum absolute atomic E-state index is 0.110. The predicted molar refractivity (Wildman–Crippen MR) is 148 cm³/mol. The molecule has 216 valence electrons. The zero-order valence-electron chi connectivity index (χ0n) is 22.2. The van der Waals surface area contributed by atoms with Crippen LogP contribution in [-0.2, 0) is 14.3 Å². The predicted octanol–water partition coefficient (Wildman–Crippen LogP) is 2.74. The van der Waals surface area contributed by atoms with E-state index < -0.39 is 29.2 Å². The molecule has 0 unspecified atom stereocenters. The summed E-state index contributed by atoms with van der Waals surface area (Å²) in [6, 6.07) is 2.87. The van der Waals surface area contributed by atoms with Gasteiger partial charge in [0.15, 0.2) is 10.8 Å². The molecule has 4 heterocycles. The van der Waals surface area contributed by atoms with Crippen molar-refractivity contribution in [1.82, 2.24) is 25.0 Å². The second-order valence-corrected chi connectivity index (χ2v) is 12.0. The number of urea groups is 1. The van der Waals surface area contributed by atoms with E-state index >= 15 is 0 Å². The molecule has 0 bridgehead atoms. The second-order valence-electron chi connectivity index (χ2n) is 10.7. The fraction of sp³-hybridized carbons (Fsp3) is 0.444. The lowest BCUT2D eigenvalue weighted by Crippen LogP contribution is -2.53. The maximum Gasteiger partial charge on any atom is 0.338 e. The molecule has 1 aliphatic carbocycles. The van der Waals surface area contributed by atoms with Crippen LogP contribution in [0.4, 0.5) is 9.18 Å². The molecular formula is C27H28ClFN6O5S. The van der Waals surface area contributed by atoms with Crippen LogP contribution in [0.5, 0.6) is 0 Å². The number of carboxylic acids is 1. The normalized spacial score (nSPS) is 23.7. The Morgan fingerprint density at radius 2 is 2.10 bits per heavy atom. The Kier molecular flexibility index (Phi) is 7.20. The van der Waals surface area contributed by atoms with Gasteiger partial charge in [0.2, 0.25) is 0 Å². The maximum absolute atomic E-state index is 13.9. The lowest BCUT2D eigenvalue weighted by Gasteiger charge is -2.38. The van der Waals surface area contributed by atoms with Gasteiger partial charge in [-0.2, -0.15) is 0 Å². The highest BCUT2D eigenvalue weighted by Gasteiger charge is 2.54. The van der Waals surface area contributed by atoms with Crippen molar-refractivity contribution in [2.24, 2.45) is 10.4 Å². The van der Waals surface area contributed by atoms with Gasteiger partial charge in [0.05, 0.1) is 24.1 Å². The number of nitrogens with one attached hydrogen (secondary N) is 1. The summed E-state index contributed by atoms with van der Waals surface area (Å²) in [6.07, 6.45) is 2.82. The molecule has 2 aromatic rings. The third kappa shape index (κ3) is 5.17. The molecule has 2 saturated heterocycles. The number of nitrogens with zero attached hydrogens (tertiary/aromatic N) is 5. The number of carbonyl (C=O) groups excluding carboxylic acids is 2. The topological polar surface area (TPSA) is 128 Å². The summed E-state index contributed by atoms with van der Waals surface area (Å²) in [5.41, 5.74) is 0.444. The number of aliphatic imine (C=N–C) groups is 1. The SMILES string of the molecule is COC(=O)C1=C(CN2CCN3C(=O)N(CC4(C(=O)O)CC4)C[C@@H]3C2)NC(c2nccs2)=N[C@@H]1c1ccc(F)cc1Cl. The Morgan fingerprint density at radius 1 is 1.29 bits per heavy atom. The lowest BCUT2D eigenvalue weighted by atomic mass is 9.95. The summed E-state index contributed by atoms with van der Waals surface area (Å²) < 4.78 is 19.1. The van der Waals surface area contributed by atoms with E-state index in [4.69, 9.17) is 21.3 Å². The molecular weight excluding hydrogens is 575 g/mol. The van der Waals surface area contributed by atoms with E-state index in [-0.39, 0.29) is 29.2 Å². The molecule has 0 radical (unpaired) electrons. The number of halogens is 2. The summed E-state index contributed by atoms with van der Waals surface area (Å²) in [7, 11) is 1.29. The van der Waals surface area contributed by atoms with Gasteiger partial charge in [0.25, 0.3) is 0 Å². The van der Waals surface area contributed by atoms with E-state index in [1.54, 1.807) is 11.1 Å². The van der Waals surface area contributed by atoms with Gasteiger partial charge in [0, 0.05) is 67.1 Å². The van der Waals surface area contributed by atoms with Crippen molar-refractivity contribution in [3.8, 4) is 0 Å². The van der Waals surface area contributed by atoms with E-state index in [0.29, 0.717) is 67.7 Å². The molecule has 1 saturated carbocycles. The Morgan fingerprint density at radius 3 is 2.76 bits per heavy atom. The number of carbonyl (C=O) groups is 3. The van der Waals surface area contributed by atoms with Gasteiger partial charge in [-0.25, -0.2) is 19.0 Å². The Hall–Kier alpha value is -3.55. The lowest BCUT2D eigenvalue weighted by molar-refractivity contribution is -0.143. The summed E-state index contributed by atoms with van der Waals surface area (Å²) in [5.74, 6) is -1.49. The van der Waals surface area contributed by atoms with Crippen molar-refractivity contribution >= 4 is 46.7 Å². The van der Waals surface area contributed by atoms with E-state index in [1.807, 2.05) is 10.3 Å². The Labute approximate surface area is 244 Å². The van der Waals surface area contributed by atoms with Crippen LogP contribution in [0.15, 0.2) is 46.0 Å². The zero-order chi connectivity index (χ0) is 28.9. The van der Waals surface area contributed by atoms with Crippen LogP contribution in [-0.4, -0.2) is 101 Å². The van der Waals surface area contributed by atoms with Crippen molar-refractivity contribution < 1.29 is 28.6 Å². The number of aromatic nitrogens is 1. The summed E-state index contributed by atoms with van der Waals surface area (Å²) in [4.78, 5) is 52.7. The van der Waals surface area contributed by atoms with E-state index in [1.165, 1.54) is 36.6 Å². The van der Waals surface area contributed by atoms with Crippen molar-refractivity contribution in [2.45, 2.75) is 24.9 Å². The highest BCUT2D eigenvalue weighted by atomic mass is 35.5. The van der Waals surface area contributed by atoms with Crippen LogP contribution in [0.2, 0.25) is 5.02 Å². The van der Waals surface area contributed by atoms with Gasteiger partial charge in [0.1, 0.15) is 11.9 Å². The highest BCUT2D eigenvalue weighted by Crippen LogP contribution is 2.47. The second kappa shape index (κ2) is 10.7. The molecule has 2 amide bonds. The molecule has 41 heavy (non-hydrogen) atoms. The number of hydrogen-bond acceptors (Lipinski definition) is 9. The number of benzene rings is 1.